The van der Waals surface area contributed by atoms with Crippen molar-refractivity contribution < 1.29 is 9.94 Å². The Bertz CT molecular complexity index is 439. The fraction of sp³-hybridized carbons (Fsp3) is 0.571. The Morgan fingerprint density at radius 3 is 2.55 bits per heavy atom. The van der Waals surface area contributed by atoms with Gasteiger partial charge in [-0.2, -0.15) is 0 Å². The summed E-state index contributed by atoms with van der Waals surface area (Å²) in [4.78, 5) is 6.51. The first-order chi connectivity index (χ1) is 9.45. The molecule has 0 unspecified atom stereocenters. The topological polar surface area (TPSA) is 84.0 Å². The third-order valence-electron chi connectivity index (χ3n) is 3.02. The quantitative estimate of drug-likeness (QED) is 0.343. The Kier molecular flexibility index (Phi) is 6.24. The minimum absolute atomic E-state index is 0.0264. The molecule has 3 N–H and O–H groups in total. The second-order valence-electron chi connectivity index (χ2n) is 5.12. The summed E-state index contributed by atoms with van der Waals surface area (Å²) in [5.74, 6) is 0.447. The fourth-order valence-corrected chi connectivity index (χ4v) is 2.06. The van der Waals surface area contributed by atoms with Gasteiger partial charge in [-0.05, 0) is 33.8 Å². The van der Waals surface area contributed by atoms with Crippen LogP contribution in [0.25, 0.3) is 0 Å². The number of oxime groups is 1. The van der Waals surface area contributed by atoms with E-state index in [9.17, 15) is 0 Å². The maximum atomic E-state index is 8.63. The zero-order chi connectivity index (χ0) is 15.1. The summed E-state index contributed by atoms with van der Waals surface area (Å²) in [7, 11) is 0. The van der Waals surface area contributed by atoms with Crippen molar-refractivity contribution in [2.24, 2.45) is 10.9 Å². The van der Waals surface area contributed by atoms with E-state index in [2.05, 4.69) is 42.7 Å². The average Bonchev–Trinajstić information content (AvgIpc) is 2.42. The van der Waals surface area contributed by atoms with Crippen LogP contribution in [0.1, 0.15) is 33.4 Å². The number of hydrogen-bond acceptors (Lipinski definition) is 5. The molecule has 0 aliphatic carbocycles. The van der Waals surface area contributed by atoms with Gasteiger partial charge < -0.3 is 15.7 Å². The Labute approximate surface area is 120 Å². The normalized spacial score (nSPS) is 12.4. The Hall–Kier alpha value is -1.82. The van der Waals surface area contributed by atoms with Crippen molar-refractivity contribution in [1.29, 1.82) is 0 Å². The van der Waals surface area contributed by atoms with E-state index >= 15 is 0 Å². The van der Waals surface area contributed by atoms with Crippen molar-refractivity contribution in [3.8, 4) is 5.88 Å². The molecule has 0 amide bonds. The van der Waals surface area contributed by atoms with Crippen molar-refractivity contribution >= 4 is 5.84 Å². The minimum atomic E-state index is -0.0264. The molecule has 6 heteroatoms. The van der Waals surface area contributed by atoms with E-state index in [4.69, 9.17) is 15.7 Å². The van der Waals surface area contributed by atoms with Gasteiger partial charge >= 0.3 is 0 Å². The number of rotatable bonds is 7. The van der Waals surface area contributed by atoms with Crippen molar-refractivity contribution in [3.63, 3.8) is 0 Å². The molecule has 0 aromatic carbocycles. The molecule has 0 fully saturated rings. The molecule has 0 radical (unpaired) electrons. The van der Waals surface area contributed by atoms with Gasteiger partial charge in [-0.25, -0.2) is 4.98 Å². The molecule has 112 valence electrons. The second kappa shape index (κ2) is 7.69. The Morgan fingerprint density at radius 1 is 1.35 bits per heavy atom. The molecule has 0 saturated heterocycles. The van der Waals surface area contributed by atoms with Gasteiger partial charge in [-0.15, -0.1) is 0 Å². The average molecular weight is 280 g/mol. The summed E-state index contributed by atoms with van der Waals surface area (Å²) >= 11 is 0. The van der Waals surface area contributed by atoms with Gasteiger partial charge in [0.1, 0.15) is 12.3 Å². The zero-order valence-electron chi connectivity index (χ0n) is 12.6. The number of amidine groups is 1. The number of nitrogens with two attached hydrogens (primary N) is 1. The lowest BCUT2D eigenvalue weighted by molar-refractivity contribution is 0.140. The lowest BCUT2D eigenvalue weighted by atomic mass is 10.2. The van der Waals surface area contributed by atoms with Crippen molar-refractivity contribution in [2.75, 3.05) is 13.2 Å². The molecule has 0 saturated carbocycles. The fourth-order valence-electron chi connectivity index (χ4n) is 2.06. The van der Waals surface area contributed by atoms with E-state index in [-0.39, 0.29) is 5.84 Å². The summed E-state index contributed by atoms with van der Waals surface area (Å²) in [6.45, 7) is 10.0. The molecule has 20 heavy (non-hydrogen) atoms. The lowest BCUT2D eigenvalue weighted by Gasteiger charge is -2.30. The van der Waals surface area contributed by atoms with Crippen LogP contribution < -0.4 is 10.5 Å². The third kappa shape index (κ3) is 4.70. The smallest absolute Gasteiger partial charge is 0.213 e. The molecular formula is C14H24N4O2. The van der Waals surface area contributed by atoms with Crippen LogP contribution >= 0.6 is 0 Å². The molecule has 0 spiro atoms. The summed E-state index contributed by atoms with van der Waals surface area (Å²) in [5.41, 5.74) is 5.89. The standard InChI is InChI=1S/C14H24N4O2/c1-10(2)18(11(3)4)8-9-20-13-7-5-6-12(16-13)14(15)17-19/h5-7,10-11,19H,8-9H2,1-4H3,(H2,15,17). The number of hydrogen-bond donors (Lipinski definition) is 2. The van der Waals surface area contributed by atoms with E-state index in [1.165, 1.54) is 0 Å². The van der Waals surface area contributed by atoms with Crippen LogP contribution in [0.3, 0.4) is 0 Å². The van der Waals surface area contributed by atoms with Gasteiger partial charge in [0.2, 0.25) is 5.88 Å². The minimum Gasteiger partial charge on any atom is -0.476 e. The van der Waals surface area contributed by atoms with Crippen molar-refractivity contribution in [3.05, 3.63) is 23.9 Å². The molecule has 0 aliphatic rings. The van der Waals surface area contributed by atoms with Gasteiger partial charge in [0.05, 0.1) is 0 Å². The highest BCUT2D eigenvalue weighted by molar-refractivity contribution is 5.95. The highest BCUT2D eigenvalue weighted by atomic mass is 16.5. The number of ether oxygens (including phenoxy) is 1. The monoisotopic (exact) mass is 280 g/mol. The maximum absolute atomic E-state index is 8.63. The van der Waals surface area contributed by atoms with Gasteiger partial charge in [0, 0.05) is 24.7 Å². The molecule has 1 aromatic rings. The van der Waals surface area contributed by atoms with Crippen LogP contribution in [-0.2, 0) is 0 Å². The molecule has 6 nitrogen and oxygen atoms in total. The molecular weight excluding hydrogens is 256 g/mol. The third-order valence-corrected chi connectivity index (χ3v) is 3.02. The van der Waals surface area contributed by atoms with Crippen LogP contribution in [0.4, 0.5) is 0 Å². The molecule has 0 aliphatic heterocycles. The summed E-state index contributed by atoms with van der Waals surface area (Å²) in [6.07, 6.45) is 0. The van der Waals surface area contributed by atoms with Crippen LogP contribution in [-0.4, -0.2) is 46.2 Å². The number of pyridine rings is 1. The van der Waals surface area contributed by atoms with Gasteiger partial charge in [-0.1, -0.05) is 11.2 Å². The van der Waals surface area contributed by atoms with E-state index in [0.29, 0.717) is 30.3 Å². The largest absolute Gasteiger partial charge is 0.476 e. The predicted octanol–water partition coefficient (Wildman–Crippen LogP) is 1.67. The van der Waals surface area contributed by atoms with Crippen LogP contribution in [0.5, 0.6) is 5.88 Å². The summed E-state index contributed by atoms with van der Waals surface area (Å²) in [5, 5.41) is 11.5. The van der Waals surface area contributed by atoms with E-state index in [0.717, 1.165) is 6.54 Å². The van der Waals surface area contributed by atoms with Gasteiger partial charge in [-0.3, -0.25) is 4.90 Å². The first-order valence-electron chi connectivity index (χ1n) is 6.79. The molecule has 1 rings (SSSR count). The van der Waals surface area contributed by atoms with Crippen molar-refractivity contribution in [1.82, 2.24) is 9.88 Å². The molecule has 0 bridgehead atoms. The van der Waals surface area contributed by atoms with E-state index in [1.807, 2.05) is 0 Å². The summed E-state index contributed by atoms with van der Waals surface area (Å²) in [6, 6.07) is 6.11. The highest BCUT2D eigenvalue weighted by Gasteiger charge is 2.13. The number of aromatic nitrogens is 1. The highest BCUT2D eigenvalue weighted by Crippen LogP contribution is 2.09. The van der Waals surface area contributed by atoms with Crippen molar-refractivity contribution in [2.45, 2.75) is 39.8 Å². The molecule has 0 atom stereocenters. The Morgan fingerprint density at radius 2 is 2.00 bits per heavy atom. The molecule has 1 heterocycles. The maximum Gasteiger partial charge on any atom is 0.213 e. The van der Waals surface area contributed by atoms with Crippen LogP contribution in [0.2, 0.25) is 0 Å². The predicted molar refractivity (Wildman–Crippen MR) is 79.2 cm³/mol. The second-order valence-corrected chi connectivity index (χ2v) is 5.12. The SMILES string of the molecule is CC(C)N(CCOc1cccc(/C(N)=N/O)n1)C(C)C. The van der Waals surface area contributed by atoms with E-state index in [1.54, 1.807) is 18.2 Å². The first kappa shape index (κ1) is 16.2. The number of nitrogens with zero attached hydrogens (tertiary/aromatic N) is 3. The molecule has 1 aromatic heterocycles. The van der Waals surface area contributed by atoms with Crippen LogP contribution in [0, 0.1) is 0 Å². The van der Waals surface area contributed by atoms with Gasteiger partial charge in [0.15, 0.2) is 5.84 Å². The van der Waals surface area contributed by atoms with E-state index < -0.39 is 0 Å². The summed E-state index contributed by atoms with van der Waals surface area (Å²) < 4.78 is 5.63. The van der Waals surface area contributed by atoms with Crippen LogP contribution in [0.15, 0.2) is 23.4 Å². The lowest BCUT2D eigenvalue weighted by Crippen LogP contribution is -2.39. The zero-order valence-corrected chi connectivity index (χ0v) is 12.6. The Balaban J connectivity index is 2.58. The first-order valence-corrected chi connectivity index (χ1v) is 6.79. The van der Waals surface area contributed by atoms with Gasteiger partial charge in [0.25, 0.3) is 0 Å².